The molecule has 0 aliphatic heterocycles. The maximum absolute atomic E-state index is 11.8. The first-order valence-corrected chi connectivity index (χ1v) is 6.66. The predicted molar refractivity (Wildman–Crippen MR) is 70.8 cm³/mol. The molecular weight excluding hydrogens is 252 g/mol. The fourth-order valence-electron chi connectivity index (χ4n) is 1.70. The van der Waals surface area contributed by atoms with Gasteiger partial charge in [0.05, 0.1) is 30.5 Å². The van der Waals surface area contributed by atoms with Gasteiger partial charge in [-0.15, -0.1) is 0 Å². The van der Waals surface area contributed by atoms with Gasteiger partial charge in [-0.3, -0.25) is 0 Å². The summed E-state index contributed by atoms with van der Waals surface area (Å²) in [5.74, 6) is 1.82. The number of methoxy groups -OCH3 is 1. The summed E-state index contributed by atoms with van der Waals surface area (Å²) in [6.45, 7) is 0.114. The van der Waals surface area contributed by atoms with Gasteiger partial charge in [-0.2, -0.15) is 11.8 Å². The van der Waals surface area contributed by atoms with Gasteiger partial charge in [-0.1, -0.05) is 12.1 Å². The van der Waals surface area contributed by atoms with Gasteiger partial charge in [-0.05, 0) is 12.1 Å². The summed E-state index contributed by atoms with van der Waals surface area (Å²) < 4.78 is 6.25. The first-order chi connectivity index (χ1) is 8.77. The third-order valence-electron chi connectivity index (χ3n) is 2.45. The zero-order chi connectivity index (χ0) is 13.0. The number of ether oxygens (including phenoxy) is 1. The van der Waals surface area contributed by atoms with Crippen molar-refractivity contribution in [1.82, 2.24) is 9.55 Å². The minimum absolute atomic E-state index is 0.114. The molecule has 96 valence electrons. The van der Waals surface area contributed by atoms with Crippen LogP contribution in [0.4, 0.5) is 4.79 Å². The zero-order valence-corrected chi connectivity index (χ0v) is 10.8. The number of benzene rings is 1. The summed E-state index contributed by atoms with van der Waals surface area (Å²) in [6.07, 6.45) is -0.441. The quantitative estimate of drug-likeness (QED) is 0.856. The molecule has 6 heteroatoms. The standard InChI is InChI=1S/C12H14N2O3S/c1-17-12(16)14-10-5-3-2-4-9(10)13-11(14)8-18-7-6-15/h2-5,15H,6-8H2,1H3. The maximum atomic E-state index is 11.8. The van der Waals surface area contributed by atoms with E-state index in [2.05, 4.69) is 4.98 Å². The largest absolute Gasteiger partial charge is 0.452 e. The summed E-state index contributed by atoms with van der Waals surface area (Å²) in [4.78, 5) is 16.2. The lowest BCUT2D eigenvalue weighted by Gasteiger charge is -2.05. The van der Waals surface area contributed by atoms with Crippen LogP contribution in [0.2, 0.25) is 0 Å². The van der Waals surface area contributed by atoms with Crippen LogP contribution >= 0.6 is 11.8 Å². The van der Waals surface area contributed by atoms with E-state index in [1.165, 1.54) is 23.4 Å². The van der Waals surface area contributed by atoms with Gasteiger partial charge in [0.25, 0.3) is 0 Å². The number of aliphatic hydroxyl groups excluding tert-OH is 1. The number of hydrogen-bond acceptors (Lipinski definition) is 5. The Balaban J connectivity index is 2.40. The number of aliphatic hydroxyl groups is 1. The molecule has 1 heterocycles. The van der Waals surface area contributed by atoms with Crippen molar-refractivity contribution in [3.8, 4) is 0 Å². The topological polar surface area (TPSA) is 64.3 Å². The van der Waals surface area contributed by atoms with Crippen LogP contribution in [0.1, 0.15) is 5.82 Å². The van der Waals surface area contributed by atoms with E-state index in [4.69, 9.17) is 9.84 Å². The van der Waals surface area contributed by atoms with Crippen molar-refractivity contribution in [2.24, 2.45) is 0 Å². The van der Waals surface area contributed by atoms with Crippen LogP contribution in [-0.2, 0) is 10.5 Å². The normalized spacial score (nSPS) is 10.8. The molecule has 0 fully saturated rings. The van der Waals surface area contributed by atoms with Gasteiger partial charge >= 0.3 is 6.09 Å². The van der Waals surface area contributed by atoms with Crippen molar-refractivity contribution in [3.63, 3.8) is 0 Å². The van der Waals surface area contributed by atoms with Crippen LogP contribution in [0.3, 0.4) is 0 Å². The van der Waals surface area contributed by atoms with Gasteiger partial charge in [0.1, 0.15) is 5.82 Å². The molecule has 0 unspecified atom stereocenters. The molecule has 2 rings (SSSR count). The highest BCUT2D eigenvalue weighted by Crippen LogP contribution is 2.19. The number of para-hydroxylation sites is 2. The van der Waals surface area contributed by atoms with Crippen LogP contribution in [-0.4, -0.2) is 40.2 Å². The lowest BCUT2D eigenvalue weighted by Crippen LogP contribution is -2.14. The van der Waals surface area contributed by atoms with Crippen LogP contribution in [0, 0.1) is 0 Å². The molecule has 1 aromatic carbocycles. The first-order valence-electron chi connectivity index (χ1n) is 5.51. The Morgan fingerprint density at radius 3 is 3.00 bits per heavy atom. The Kier molecular flexibility index (Phi) is 4.22. The molecule has 1 aromatic heterocycles. The van der Waals surface area contributed by atoms with Gasteiger partial charge < -0.3 is 9.84 Å². The van der Waals surface area contributed by atoms with Crippen LogP contribution in [0.25, 0.3) is 11.0 Å². The van der Waals surface area contributed by atoms with E-state index in [0.717, 1.165) is 11.0 Å². The van der Waals surface area contributed by atoms with E-state index in [1.807, 2.05) is 24.3 Å². The van der Waals surface area contributed by atoms with E-state index in [0.29, 0.717) is 17.3 Å². The number of rotatable bonds is 4. The number of carbonyl (C=O) groups excluding carboxylic acids is 1. The average Bonchev–Trinajstić information content (AvgIpc) is 2.76. The van der Waals surface area contributed by atoms with Crippen molar-refractivity contribution in [1.29, 1.82) is 0 Å². The molecule has 1 N–H and O–H groups in total. The summed E-state index contributed by atoms with van der Waals surface area (Å²) in [5, 5.41) is 8.77. The molecule has 18 heavy (non-hydrogen) atoms. The molecule has 0 atom stereocenters. The number of aromatic nitrogens is 2. The fourth-order valence-corrected chi connectivity index (χ4v) is 2.35. The van der Waals surface area contributed by atoms with Crippen molar-refractivity contribution < 1.29 is 14.6 Å². The van der Waals surface area contributed by atoms with Gasteiger partial charge in [0.15, 0.2) is 0 Å². The second-order valence-electron chi connectivity index (χ2n) is 3.60. The monoisotopic (exact) mass is 266 g/mol. The minimum atomic E-state index is -0.441. The number of thioether (sulfide) groups is 1. The number of carbonyl (C=O) groups is 1. The van der Waals surface area contributed by atoms with Crippen molar-refractivity contribution in [2.45, 2.75) is 5.75 Å². The maximum Gasteiger partial charge on any atom is 0.419 e. The van der Waals surface area contributed by atoms with Gasteiger partial charge in [-0.25, -0.2) is 14.3 Å². The molecule has 5 nitrogen and oxygen atoms in total. The summed E-state index contributed by atoms with van der Waals surface area (Å²) >= 11 is 1.52. The van der Waals surface area contributed by atoms with Gasteiger partial charge in [0, 0.05) is 5.75 Å². The molecule has 0 saturated heterocycles. The second kappa shape index (κ2) is 5.88. The average molecular weight is 266 g/mol. The summed E-state index contributed by atoms with van der Waals surface area (Å²) in [7, 11) is 1.35. The smallest absolute Gasteiger partial charge is 0.419 e. The molecule has 2 aromatic rings. The Hall–Kier alpha value is -1.53. The van der Waals surface area contributed by atoms with Crippen molar-refractivity contribution >= 4 is 28.9 Å². The van der Waals surface area contributed by atoms with Crippen LogP contribution in [0.15, 0.2) is 24.3 Å². The van der Waals surface area contributed by atoms with Crippen molar-refractivity contribution in [2.75, 3.05) is 19.5 Å². The van der Waals surface area contributed by atoms with Crippen LogP contribution in [0.5, 0.6) is 0 Å². The number of hydrogen-bond donors (Lipinski definition) is 1. The molecule has 0 spiro atoms. The molecule has 0 amide bonds. The van der Waals surface area contributed by atoms with E-state index >= 15 is 0 Å². The Labute approximate surface area is 109 Å². The Bertz CT molecular complexity index is 553. The SMILES string of the molecule is COC(=O)n1c(CSCCO)nc2ccccc21. The molecule has 0 bridgehead atoms. The highest BCUT2D eigenvalue weighted by molar-refractivity contribution is 7.98. The minimum Gasteiger partial charge on any atom is -0.452 e. The molecule has 0 saturated carbocycles. The number of fused-ring (bicyclic) bond motifs is 1. The molecule has 0 aliphatic rings. The zero-order valence-electron chi connectivity index (χ0n) is 10.00. The van der Waals surface area contributed by atoms with Gasteiger partial charge in [0.2, 0.25) is 0 Å². The lowest BCUT2D eigenvalue weighted by atomic mass is 10.3. The first kappa shape index (κ1) is 12.9. The summed E-state index contributed by atoms with van der Waals surface area (Å²) in [6, 6.07) is 7.42. The van der Waals surface area contributed by atoms with E-state index < -0.39 is 6.09 Å². The molecule has 0 radical (unpaired) electrons. The third-order valence-corrected chi connectivity index (χ3v) is 3.39. The lowest BCUT2D eigenvalue weighted by molar-refractivity contribution is 0.173. The summed E-state index contributed by atoms with van der Waals surface area (Å²) in [5.41, 5.74) is 1.51. The molecular formula is C12H14N2O3S. The highest BCUT2D eigenvalue weighted by atomic mass is 32.2. The number of imidazole rings is 1. The fraction of sp³-hybridized carbons (Fsp3) is 0.333. The second-order valence-corrected chi connectivity index (χ2v) is 4.70. The highest BCUT2D eigenvalue weighted by Gasteiger charge is 2.16. The van der Waals surface area contributed by atoms with E-state index in [9.17, 15) is 4.79 Å². The van der Waals surface area contributed by atoms with Crippen molar-refractivity contribution in [3.05, 3.63) is 30.1 Å². The Morgan fingerprint density at radius 1 is 1.50 bits per heavy atom. The van der Waals surface area contributed by atoms with E-state index in [-0.39, 0.29) is 6.61 Å². The van der Waals surface area contributed by atoms with Crippen LogP contribution < -0.4 is 0 Å². The Morgan fingerprint density at radius 2 is 2.28 bits per heavy atom. The third kappa shape index (κ3) is 2.49. The number of nitrogens with zero attached hydrogens (tertiary/aromatic N) is 2. The molecule has 0 aliphatic carbocycles. The predicted octanol–water partition coefficient (Wildman–Crippen LogP) is 1.88. The van der Waals surface area contributed by atoms with E-state index in [1.54, 1.807) is 0 Å².